The molecule has 0 aromatic heterocycles. The van der Waals surface area contributed by atoms with Crippen LogP contribution in [-0.4, -0.2) is 98.6 Å². The van der Waals surface area contributed by atoms with Crippen molar-refractivity contribution in [2.75, 3.05) is 52.7 Å². The highest BCUT2D eigenvalue weighted by atomic mass is 31.2. The van der Waals surface area contributed by atoms with Gasteiger partial charge in [0.05, 0.1) is 26.4 Å². The first kappa shape index (κ1) is 106. The van der Waals surface area contributed by atoms with Crippen molar-refractivity contribution in [2.24, 2.45) is 11.5 Å². The molecule has 0 bridgehead atoms. The van der Waals surface area contributed by atoms with Gasteiger partial charge < -0.3 is 40.2 Å². The molecule has 0 aliphatic rings. The highest BCUT2D eigenvalue weighted by Crippen LogP contribution is 2.44. The molecular formula is C90H148N2O16P2. The van der Waals surface area contributed by atoms with Gasteiger partial charge in [-0.3, -0.25) is 37.3 Å². The Morgan fingerprint density at radius 1 is 0.273 bits per heavy atom. The predicted molar refractivity (Wildman–Crippen MR) is 457 cm³/mol. The van der Waals surface area contributed by atoms with Crippen LogP contribution < -0.4 is 11.5 Å². The SMILES string of the molecule is CCCCC/C=C\C/C=C\C/C=C\C/C=C\CCCC(=O)OC[C@H](COP(=O)(O)OCCN)OC(=O)CCC/C=C\C/C=C\C/C=C\C/C=C\CCCCC.CCCCC/C=C\C/C=C\C/C=C\C/C=C\CCCC(=O)OC[C@H](COP(=O)(O)OCCN)OC(=O)CCC/C=C\C/C=C\C/C=C\C/C=C\CCCCC. The molecule has 0 fully saturated rings. The molecule has 6 N–H and O–H groups in total. The summed E-state index contributed by atoms with van der Waals surface area (Å²) in [5.74, 6) is -1.94. The van der Waals surface area contributed by atoms with Gasteiger partial charge in [-0.1, -0.05) is 273 Å². The Hall–Kier alpha value is -6.14. The number of unbranched alkanes of at least 4 members (excludes halogenated alkanes) is 16. The quantitative estimate of drug-likeness (QED) is 0.0145. The van der Waals surface area contributed by atoms with Gasteiger partial charge in [0.1, 0.15) is 13.2 Å². The van der Waals surface area contributed by atoms with Gasteiger partial charge in [-0.2, -0.15) is 0 Å². The Balaban J connectivity index is 0. The third kappa shape index (κ3) is 85.9. The van der Waals surface area contributed by atoms with Gasteiger partial charge in [0.2, 0.25) is 0 Å². The number of esters is 4. The minimum atomic E-state index is -4.41. The van der Waals surface area contributed by atoms with Gasteiger partial charge in [-0.05, 0) is 180 Å². The number of hydrogen-bond donors (Lipinski definition) is 4. The van der Waals surface area contributed by atoms with Crippen molar-refractivity contribution < 1.29 is 75.1 Å². The van der Waals surface area contributed by atoms with E-state index in [1.807, 2.05) is 24.3 Å². The van der Waals surface area contributed by atoms with Crippen LogP contribution in [0.3, 0.4) is 0 Å². The first-order valence-electron chi connectivity index (χ1n) is 41.4. The first-order chi connectivity index (χ1) is 53.7. The maximum atomic E-state index is 12.5. The molecule has 18 nitrogen and oxygen atoms in total. The van der Waals surface area contributed by atoms with Crippen LogP contribution in [0.2, 0.25) is 0 Å². The van der Waals surface area contributed by atoms with Gasteiger partial charge in [-0.15, -0.1) is 0 Å². The molecule has 0 amide bonds. The van der Waals surface area contributed by atoms with Gasteiger partial charge in [0.15, 0.2) is 12.2 Å². The second kappa shape index (κ2) is 85.3. The van der Waals surface area contributed by atoms with E-state index in [9.17, 15) is 38.1 Å². The summed E-state index contributed by atoms with van der Waals surface area (Å²) in [5, 5.41) is 0. The molecule has 0 saturated carbocycles. The minimum Gasteiger partial charge on any atom is -0.462 e. The fourth-order valence-corrected chi connectivity index (χ4v) is 11.2. The standard InChI is InChI=1S/2C45H74NO8P/c2*1-3-5-7-9-11-13-15-17-19-21-23-25-27-29-31-33-35-37-44(47)51-41-43(42-53-55(49,50)52-40-39-46)54-45(48)38-36-34-32-30-28-26-24-22-20-18-16-14-12-10-8-6-4-2/h2*11-14,17-20,23-26,29-32,43H,3-10,15-16,21-22,27-28,33-42,46H2,1-2H3,(H,49,50)/b2*13-11-,14-12-,19-17-,20-18-,25-23-,26-24-,31-29-,32-30-/t2*43-/m11/s1. The van der Waals surface area contributed by atoms with Crippen molar-refractivity contribution in [3.05, 3.63) is 194 Å². The lowest BCUT2D eigenvalue weighted by atomic mass is 10.2. The Morgan fingerprint density at radius 2 is 0.464 bits per heavy atom. The van der Waals surface area contributed by atoms with E-state index < -0.39 is 64.9 Å². The summed E-state index contributed by atoms with van der Waals surface area (Å²) in [7, 11) is -8.82. The van der Waals surface area contributed by atoms with E-state index in [2.05, 4.69) is 198 Å². The number of phosphoric acid groups is 2. The fourth-order valence-electron chi connectivity index (χ4n) is 9.70. The third-order valence-electron chi connectivity index (χ3n) is 15.9. The highest BCUT2D eigenvalue weighted by molar-refractivity contribution is 7.47. The van der Waals surface area contributed by atoms with Crippen LogP contribution >= 0.6 is 15.6 Å². The molecule has 2 unspecified atom stereocenters. The third-order valence-corrected chi connectivity index (χ3v) is 17.9. The summed E-state index contributed by atoms with van der Waals surface area (Å²) in [6, 6.07) is 0. The van der Waals surface area contributed by atoms with Gasteiger partial charge in [0.25, 0.3) is 0 Å². The van der Waals surface area contributed by atoms with Gasteiger partial charge in [0, 0.05) is 38.8 Å². The zero-order valence-electron chi connectivity index (χ0n) is 68.2. The molecule has 0 radical (unpaired) electrons. The van der Waals surface area contributed by atoms with Crippen molar-refractivity contribution in [1.29, 1.82) is 0 Å². The molecule has 0 saturated heterocycles. The smallest absolute Gasteiger partial charge is 0.462 e. The van der Waals surface area contributed by atoms with Crippen LogP contribution in [0.5, 0.6) is 0 Å². The van der Waals surface area contributed by atoms with Crippen molar-refractivity contribution in [3.63, 3.8) is 0 Å². The lowest BCUT2D eigenvalue weighted by Gasteiger charge is -2.19. The number of carbonyl (C=O) groups excluding carboxylic acids is 4. The molecule has 110 heavy (non-hydrogen) atoms. The summed E-state index contributed by atoms with van der Waals surface area (Å²) in [5.41, 5.74) is 10.7. The van der Waals surface area contributed by atoms with Crippen molar-refractivity contribution >= 4 is 39.5 Å². The van der Waals surface area contributed by atoms with Crippen LogP contribution in [0.4, 0.5) is 0 Å². The van der Waals surface area contributed by atoms with E-state index in [1.165, 1.54) is 89.9 Å². The number of phosphoric ester groups is 2. The molecule has 0 aliphatic carbocycles. The van der Waals surface area contributed by atoms with E-state index in [4.69, 9.17) is 48.5 Å². The molecule has 20 heteroatoms. The summed E-state index contributed by atoms with van der Waals surface area (Å²) in [4.78, 5) is 69.5. The van der Waals surface area contributed by atoms with Crippen molar-refractivity contribution in [2.45, 2.75) is 297 Å². The van der Waals surface area contributed by atoms with E-state index in [1.54, 1.807) is 0 Å². The lowest BCUT2D eigenvalue weighted by Crippen LogP contribution is -2.29. The molecule has 0 rings (SSSR count). The monoisotopic (exact) mass is 1580 g/mol. The topological polar surface area (TPSA) is 269 Å². The Labute approximate surface area is 666 Å². The van der Waals surface area contributed by atoms with Crippen LogP contribution in [-0.2, 0) is 65.4 Å². The molecule has 0 heterocycles. The number of allylic oxidation sites excluding steroid dienone is 32. The number of nitrogens with two attached hydrogens (primary N) is 2. The van der Waals surface area contributed by atoms with Crippen molar-refractivity contribution in [3.8, 4) is 0 Å². The fraction of sp³-hybridized carbons (Fsp3) is 0.600. The minimum absolute atomic E-state index is 0.0322. The Kier molecular flexibility index (Phi) is 82.1. The lowest BCUT2D eigenvalue weighted by molar-refractivity contribution is -0.161. The molecule has 0 aliphatic heterocycles. The average Bonchev–Trinajstić information content (AvgIpc) is 0.916. The van der Waals surface area contributed by atoms with Crippen LogP contribution in [0.25, 0.3) is 0 Å². The molecule has 0 aromatic rings. The zero-order chi connectivity index (χ0) is 80.7. The number of carbonyl (C=O) groups is 4. The Morgan fingerprint density at radius 3 is 0.664 bits per heavy atom. The average molecular weight is 1580 g/mol. The number of rotatable bonds is 74. The molecule has 4 atom stereocenters. The summed E-state index contributed by atoms with van der Waals surface area (Å²) in [6.45, 7) is 7.03. The second-order valence-electron chi connectivity index (χ2n) is 26.3. The summed E-state index contributed by atoms with van der Waals surface area (Å²) in [6.07, 6.45) is 103. The molecule has 624 valence electrons. The Bertz CT molecular complexity index is 2620. The van der Waals surface area contributed by atoms with Gasteiger partial charge in [-0.25, -0.2) is 9.13 Å². The summed E-state index contributed by atoms with van der Waals surface area (Å²) >= 11 is 0. The first-order valence-corrected chi connectivity index (χ1v) is 44.4. The normalized spacial score (nSPS) is 14.3. The largest absolute Gasteiger partial charge is 0.472 e. The molecule has 0 aromatic carbocycles. The van der Waals surface area contributed by atoms with Gasteiger partial charge >= 0.3 is 39.5 Å². The molecular weight excluding hydrogens is 1430 g/mol. The van der Waals surface area contributed by atoms with Crippen LogP contribution in [0, 0.1) is 0 Å². The van der Waals surface area contributed by atoms with Crippen LogP contribution in [0.1, 0.15) is 285 Å². The predicted octanol–water partition coefficient (Wildman–Crippen LogP) is 23.7. The molecule has 0 spiro atoms. The second-order valence-corrected chi connectivity index (χ2v) is 29.2. The number of ether oxygens (including phenoxy) is 4. The van der Waals surface area contributed by atoms with E-state index in [0.29, 0.717) is 38.5 Å². The number of hydrogen-bond acceptors (Lipinski definition) is 16. The maximum Gasteiger partial charge on any atom is 0.472 e. The van der Waals surface area contributed by atoms with E-state index in [0.717, 1.165) is 103 Å². The maximum absolute atomic E-state index is 12.5. The summed E-state index contributed by atoms with van der Waals surface area (Å²) < 4.78 is 65.2. The van der Waals surface area contributed by atoms with Crippen LogP contribution in [0.15, 0.2) is 194 Å². The van der Waals surface area contributed by atoms with E-state index >= 15 is 0 Å². The van der Waals surface area contributed by atoms with E-state index in [-0.39, 0.29) is 65.2 Å². The van der Waals surface area contributed by atoms with Crippen molar-refractivity contribution in [1.82, 2.24) is 0 Å². The highest BCUT2D eigenvalue weighted by Gasteiger charge is 2.27. The zero-order valence-corrected chi connectivity index (χ0v) is 70.0.